The molecule has 1 aliphatic rings. The molecular weight excluding hydrogens is 347 g/mol. The maximum Gasteiger partial charge on any atom is 0.405 e. The summed E-state index contributed by atoms with van der Waals surface area (Å²) in [7, 11) is 1.69. The summed E-state index contributed by atoms with van der Waals surface area (Å²) in [6, 6.07) is -1.68. The predicted octanol–water partition coefficient (Wildman–Crippen LogP) is 1.02. The van der Waals surface area contributed by atoms with Crippen molar-refractivity contribution in [2.24, 2.45) is 7.05 Å². The van der Waals surface area contributed by atoms with Crippen molar-refractivity contribution >= 4 is 18.3 Å². The second-order valence-corrected chi connectivity index (χ2v) is 5.72. The number of aryl methyl sites for hydroxylation is 2. The fourth-order valence-electron chi connectivity index (χ4n) is 2.83. The molecule has 0 aromatic carbocycles. The lowest BCUT2D eigenvalue weighted by Gasteiger charge is -2.35. The Morgan fingerprint density at radius 3 is 2.38 bits per heavy atom. The number of carbonyl (C=O) groups is 1. The van der Waals surface area contributed by atoms with Gasteiger partial charge in [-0.25, -0.2) is 0 Å². The molecule has 2 rings (SSSR count). The lowest BCUT2D eigenvalue weighted by atomic mass is 10.1. The number of nitrogens with zero attached hydrogens (tertiary/aromatic N) is 3. The van der Waals surface area contributed by atoms with Crippen LogP contribution in [0.3, 0.4) is 0 Å². The van der Waals surface area contributed by atoms with Crippen molar-refractivity contribution in [1.29, 1.82) is 0 Å². The SMILES string of the molecule is Cc1nn(C)c(C)c1C(=O)NCC(N1CCNCC1)C(F)(F)F.Cl. The van der Waals surface area contributed by atoms with Gasteiger partial charge in [0.15, 0.2) is 0 Å². The summed E-state index contributed by atoms with van der Waals surface area (Å²) in [6.07, 6.45) is -4.39. The molecule has 1 aromatic rings. The van der Waals surface area contributed by atoms with E-state index < -0.39 is 24.7 Å². The summed E-state index contributed by atoms with van der Waals surface area (Å²) in [4.78, 5) is 13.6. The fraction of sp³-hybridized carbons (Fsp3) is 0.714. The third kappa shape index (κ3) is 4.61. The van der Waals surface area contributed by atoms with Crippen molar-refractivity contribution in [2.75, 3.05) is 32.7 Å². The van der Waals surface area contributed by atoms with Crippen LogP contribution in [0.4, 0.5) is 13.2 Å². The minimum Gasteiger partial charge on any atom is -0.350 e. The number of alkyl halides is 3. The second kappa shape index (κ2) is 8.17. The molecule has 1 amide bonds. The van der Waals surface area contributed by atoms with E-state index in [9.17, 15) is 18.0 Å². The van der Waals surface area contributed by atoms with E-state index in [2.05, 4.69) is 15.7 Å². The number of rotatable bonds is 4. The minimum atomic E-state index is -4.39. The van der Waals surface area contributed by atoms with Crippen molar-refractivity contribution in [1.82, 2.24) is 25.3 Å². The van der Waals surface area contributed by atoms with Crippen LogP contribution in [-0.2, 0) is 7.05 Å². The van der Waals surface area contributed by atoms with Gasteiger partial charge in [0.05, 0.1) is 11.3 Å². The van der Waals surface area contributed by atoms with E-state index in [4.69, 9.17) is 0 Å². The normalized spacial score (nSPS) is 17.2. The monoisotopic (exact) mass is 369 g/mol. The summed E-state index contributed by atoms with van der Waals surface area (Å²) in [5.74, 6) is -0.516. The van der Waals surface area contributed by atoms with E-state index in [0.29, 0.717) is 43.1 Å². The van der Waals surface area contributed by atoms with Gasteiger partial charge in [0.25, 0.3) is 5.91 Å². The molecule has 1 unspecified atom stereocenters. The number of amides is 1. The van der Waals surface area contributed by atoms with Crippen LogP contribution in [0.2, 0.25) is 0 Å². The van der Waals surface area contributed by atoms with Crippen molar-refractivity contribution in [3.8, 4) is 0 Å². The number of aromatic nitrogens is 2. The standard InChI is InChI=1S/C14H22F3N5O.ClH/c1-9-12(10(2)21(3)20-9)13(23)19-8-11(14(15,16)17)22-6-4-18-5-7-22;/h11,18H,4-8H2,1-3H3,(H,19,23);1H. The smallest absolute Gasteiger partial charge is 0.350 e. The van der Waals surface area contributed by atoms with Gasteiger partial charge in [0.2, 0.25) is 0 Å². The third-order valence-electron chi connectivity index (χ3n) is 4.16. The van der Waals surface area contributed by atoms with Crippen molar-refractivity contribution < 1.29 is 18.0 Å². The Balaban J connectivity index is 0.00000288. The number of nitrogens with one attached hydrogen (secondary N) is 2. The quantitative estimate of drug-likeness (QED) is 0.832. The Hall–Kier alpha value is -1.32. The Labute approximate surface area is 145 Å². The van der Waals surface area contributed by atoms with Gasteiger partial charge in [-0.05, 0) is 13.8 Å². The summed E-state index contributed by atoms with van der Waals surface area (Å²) in [5, 5.41) is 9.56. The van der Waals surface area contributed by atoms with Crippen LogP contribution in [0.1, 0.15) is 21.7 Å². The number of piperazine rings is 1. The molecule has 10 heteroatoms. The molecule has 2 heterocycles. The molecular formula is C14H23ClF3N5O. The van der Waals surface area contributed by atoms with Gasteiger partial charge >= 0.3 is 6.18 Å². The van der Waals surface area contributed by atoms with E-state index >= 15 is 0 Å². The van der Waals surface area contributed by atoms with Gasteiger partial charge in [0.1, 0.15) is 6.04 Å². The number of halogens is 4. The first kappa shape index (κ1) is 20.7. The molecule has 0 radical (unpaired) electrons. The number of hydrogen-bond donors (Lipinski definition) is 2. The first-order valence-corrected chi connectivity index (χ1v) is 7.51. The Kier molecular flexibility index (Phi) is 7.06. The minimum absolute atomic E-state index is 0. The van der Waals surface area contributed by atoms with E-state index in [1.54, 1.807) is 25.6 Å². The van der Waals surface area contributed by atoms with Crippen LogP contribution >= 0.6 is 12.4 Å². The summed E-state index contributed by atoms with van der Waals surface area (Å²) in [6.45, 7) is 4.57. The molecule has 1 aromatic heterocycles. The highest BCUT2D eigenvalue weighted by atomic mass is 35.5. The highest BCUT2D eigenvalue weighted by Crippen LogP contribution is 2.25. The number of hydrogen-bond acceptors (Lipinski definition) is 4. The lowest BCUT2D eigenvalue weighted by Crippen LogP contribution is -2.57. The van der Waals surface area contributed by atoms with Gasteiger partial charge in [-0.2, -0.15) is 18.3 Å². The first-order valence-electron chi connectivity index (χ1n) is 7.51. The highest BCUT2D eigenvalue weighted by molar-refractivity contribution is 5.96. The van der Waals surface area contributed by atoms with E-state index in [-0.39, 0.29) is 12.4 Å². The van der Waals surface area contributed by atoms with Crippen LogP contribution in [0.5, 0.6) is 0 Å². The van der Waals surface area contributed by atoms with Crippen LogP contribution in [0.15, 0.2) is 0 Å². The molecule has 0 spiro atoms. The van der Waals surface area contributed by atoms with Gasteiger partial charge < -0.3 is 10.6 Å². The largest absolute Gasteiger partial charge is 0.405 e. The number of carbonyl (C=O) groups excluding carboxylic acids is 1. The van der Waals surface area contributed by atoms with Crippen LogP contribution in [0.25, 0.3) is 0 Å². The van der Waals surface area contributed by atoms with E-state index in [1.807, 2.05) is 0 Å². The summed E-state index contributed by atoms with van der Waals surface area (Å²) >= 11 is 0. The zero-order valence-corrected chi connectivity index (χ0v) is 14.7. The average Bonchev–Trinajstić information content (AvgIpc) is 2.72. The molecule has 1 aliphatic heterocycles. The van der Waals surface area contributed by atoms with Crippen LogP contribution < -0.4 is 10.6 Å². The van der Waals surface area contributed by atoms with E-state index in [1.165, 1.54) is 4.90 Å². The maximum atomic E-state index is 13.3. The average molecular weight is 370 g/mol. The Bertz CT molecular complexity index is 569. The van der Waals surface area contributed by atoms with Gasteiger partial charge in [-0.1, -0.05) is 0 Å². The Morgan fingerprint density at radius 1 is 1.33 bits per heavy atom. The fourth-order valence-corrected chi connectivity index (χ4v) is 2.83. The molecule has 0 saturated carbocycles. The van der Waals surface area contributed by atoms with Crippen molar-refractivity contribution in [2.45, 2.75) is 26.1 Å². The highest BCUT2D eigenvalue weighted by Gasteiger charge is 2.44. The van der Waals surface area contributed by atoms with Gasteiger partial charge in [-0.3, -0.25) is 14.4 Å². The molecule has 138 valence electrons. The third-order valence-corrected chi connectivity index (χ3v) is 4.16. The van der Waals surface area contributed by atoms with Crippen LogP contribution in [0, 0.1) is 13.8 Å². The summed E-state index contributed by atoms with van der Waals surface area (Å²) < 4.78 is 41.4. The van der Waals surface area contributed by atoms with Gasteiger partial charge in [-0.15, -0.1) is 12.4 Å². The Morgan fingerprint density at radius 2 is 1.92 bits per heavy atom. The molecule has 1 saturated heterocycles. The first-order chi connectivity index (χ1) is 10.7. The van der Waals surface area contributed by atoms with Crippen molar-refractivity contribution in [3.05, 3.63) is 17.0 Å². The second-order valence-electron chi connectivity index (χ2n) is 5.72. The topological polar surface area (TPSA) is 62.2 Å². The van der Waals surface area contributed by atoms with E-state index in [0.717, 1.165) is 0 Å². The zero-order chi connectivity index (χ0) is 17.2. The molecule has 0 aliphatic carbocycles. The molecule has 1 fully saturated rings. The zero-order valence-electron chi connectivity index (χ0n) is 13.9. The maximum absolute atomic E-state index is 13.3. The van der Waals surface area contributed by atoms with Gasteiger partial charge in [0, 0.05) is 45.5 Å². The predicted molar refractivity (Wildman–Crippen MR) is 86.5 cm³/mol. The van der Waals surface area contributed by atoms with Crippen LogP contribution in [-0.4, -0.2) is 65.5 Å². The molecule has 0 bridgehead atoms. The lowest BCUT2D eigenvalue weighted by molar-refractivity contribution is -0.183. The van der Waals surface area contributed by atoms with Crippen molar-refractivity contribution in [3.63, 3.8) is 0 Å². The molecule has 2 N–H and O–H groups in total. The molecule has 6 nitrogen and oxygen atoms in total. The molecule has 24 heavy (non-hydrogen) atoms. The molecule has 1 atom stereocenters. The summed E-state index contributed by atoms with van der Waals surface area (Å²) in [5.41, 5.74) is 1.48.